The third kappa shape index (κ3) is 4.97. The molecule has 0 saturated heterocycles. The summed E-state index contributed by atoms with van der Waals surface area (Å²) >= 11 is 1.50. The molecule has 4 nitrogen and oxygen atoms in total. The van der Waals surface area contributed by atoms with Gasteiger partial charge in [0, 0.05) is 10.9 Å². The summed E-state index contributed by atoms with van der Waals surface area (Å²) in [5.74, 6) is -0.380. The average molecular weight is 420 g/mol. The maximum Gasteiger partial charge on any atom is 0.307 e. The number of aliphatic carboxylic acids is 1. The van der Waals surface area contributed by atoms with Crippen molar-refractivity contribution in [2.24, 2.45) is 0 Å². The van der Waals surface area contributed by atoms with E-state index >= 15 is 0 Å². The summed E-state index contributed by atoms with van der Waals surface area (Å²) < 4.78 is 0. The van der Waals surface area contributed by atoms with Crippen molar-refractivity contribution in [2.75, 3.05) is 5.32 Å². The van der Waals surface area contributed by atoms with Crippen LogP contribution in [0.15, 0.2) is 60.0 Å². The molecule has 1 fully saturated rings. The molecule has 2 N–H and O–H groups in total. The molecule has 0 atom stereocenters. The van der Waals surface area contributed by atoms with Gasteiger partial charge in [-0.15, -0.1) is 11.3 Å². The largest absolute Gasteiger partial charge is 0.481 e. The Morgan fingerprint density at radius 2 is 1.63 bits per heavy atom. The molecule has 3 aromatic rings. The molecule has 0 bridgehead atoms. The SMILES string of the molecule is O=C(O)Cc1ccc(C(=O)Nc2cc(-c3ccc(C4CCCCC4)cc3)cs2)cc1. The monoisotopic (exact) mass is 419 g/mol. The van der Waals surface area contributed by atoms with Crippen LogP contribution < -0.4 is 5.32 Å². The van der Waals surface area contributed by atoms with Crippen LogP contribution in [0.2, 0.25) is 0 Å². The van der Waals surface area contributed by atoms with E-state index < -0.39 is 5.97 Å². The van der Waals surface area contributed by atoms with Crippen LogP contribution in [0.3, 0.4) is 0 Å². The fourth-order valence-corrected chi connectivity index (χ4v) is 4.87. The van der Waals surface area contributed by atoms with E-state index in [2.05, 4.69) is 35.0 Å². The molecular formula is C25H25NO3S. The van der Waals surface area contributed by atoms with Crippen LogP contribution in [0, 0.1) is 0 Å². The molecule has 1 heterocycles. The molecule has 1 amide bonds. The van der Waals surface area contributed by atoms with Crippen molar-refractivity contribution < 1.29 is 14.7 Å². The van der Waals surface area contributed by atoms with E-state index in [1.54, 1.807) is 24.3 Å². The minimum absolute atomic E-state index is 0.0459. The van der Waals surface area contributed by atoms with E-state index in [-0.39, 0.29) is 12.3 Å². The number of carbonyl (C=O) groups is 2. The van der Waals surface area contributed by atoms with Crippen LogP contribution in [0.4, 0.5) is 5.00 Å². The number of benzene rings is 2. The van der Waals surface area contributed by atoms with E-state index in [1.165, 1.54) is 49.0 Å². The summed E-state index contributed by atoms with van der Waals surface area (Å²) in [7, 11) is 0. The predicted octanol–water partition coefficient (Wildman–Crippen LogP) is 6.34. The van der Waals surface area contributed by atoms with Gasteiger partial charge >= 0.3 is 5.97 Å². The van der Waals surface area contributed by atoms with Gasteiger partial charge in [0.25, 0.3) is 5.91 Å². The van der Waals surface area contributed by atoms with Crippen LogP contribution in [-0.2, 0) is 11.2 Å². The molecule has 154 valence electrons. The highest BCUT2D eigenvalue weighted by Gasteiger charge is 2.15. The molecule has 1 aliphatic rings. The van der Waals surface area contributed by atoms with Gasteiger partial charge in [0.05, 0.1) is 11.4 Å². The molecule has 1 aliphatic carbocycles. The van der Waals surface area contributed by atoms with Gasteiger partial charge in [-0.2, -0.15) is 0 Å². The van der Waals surface area contributed by atoms with Crippen molar-refractivity contribution in [1.82, 2.24) is 0 Å². The number of hydrogen-bond donors (Lipinski definition) is 2. The van der Waals surface area contributed by atoms with Crippen molar-refractivity contribution >= 4 is 28.2 Å². The molecule has 0 aliphatic heterocycles. The molecule has 4 rings (SSSR count). The van der Waals surface area contributed by atoms with Crippen molar-refractivity contribution in [3.8, 4) is 11.1 Å². The topological polar surface area (TPSA) is 66.4 Å². The number of hydrogen-bond acceptors (Lipinski definition) is 3. The Kier molecular flexibility index (Phi) is 6.29. The summed E-state index contributed by atoms with van der Waals surface area (Å²) in [4.78, 5) is 23.3. The third-order valence-electron chi connectivity index (χ3n) is 5.73. The van der Waals surface area contributed by atoms with E-state index in [1.807, 2.05) is 6.07 Å². The maximum atomic E-state index is 12.5. The second-order valence-corrected chi connectivity index (χ2v) is 8.79. The molecule has 1 aromatic heterocycles. The Balaban J connectivity index is 1.40. The highest BCUT2D eigenvalue weighted by molar-refractivity contribution is 7.14. The van der Waals surface area contributed by atoms with Crippen LogP contribution in [0.1, 0.15) is 59.5 Å². The quantitative estimate of drug-likeness (QED) is 0.490. The second kappa shape index (κ2) is 9.26. The van der Waals surface area contributed by atoms with Crippen LogP contribution in [-0.4, -0.2) is 17.0 Å². The minimum Gasteiger partial charge on any atom is -0.481 e. The number of carbonyl (C=O) groups excluding carboxylic acids is 1. The number of thiophene rings is 1. The summed E-state index contributed by atoms with van der Waals surface area (Å²) in [6.45, 7) is 0. The van der Waals surface area contributed by atoms with Gasteiger partial charge in [0.2, 0.25) is 0 Å². The zero-order valence-electron chi connectivity index (χ0n) is 16.8. The maximum absolute atomic E-state index is 12.5. The number of amides is 1. The number of carboxylic acids is 1. The molecule has 1 saturated carbocycles. The first-order valence-corrected chi connectivity index (χ1v) is 11.3. The zero-order chi connectivity index (χ0) is 20.9. The van der Waals surface area contributed by atoms with Gasteiger partial charge in [0.15, 0.2) is 0 Å². The first-order valence-electron chi connectivity index (χ1n) is 10.4. The summed E-state index contributed by atoms with van der Waals surface area (Å²) in [5, 5.41) is 14.6. The smallest absolute Gasteiger partial charge is 0.307 e. The molecule has 0 unspecified atom stereocenters. The Hall–Kier alpha value is -2.92. The van der Waals surface area contributed by atoms with Gasteiger partial charge in [-0.1, -0.05) is 55.7 Å². The van der Waals surface area contributed by atoms with Gasteiger partial charge in [-0.25, -0.2) is 0 Å². The number of nitrogens with one attached hydrogen (secondary N) is 1. The Morgan fingerprint density at radius 3 is 2.30 bits per heavy atom. The van der Waals surface area contributed by atoms with Crippen molar-refractivity contribution in [2.45, 2.75) is 44.4 Å². The summed E-state index contributed by atoms with van der Waals surface area (Å²) in [6.07, 6.45) is 6.58. The van der Waals surface area contributed by atoms with Crippen LogP contribution >= 0.6 is 11.3 Å². The Morgan fingerprint density at radius 1 is 0.933 bits per heavy atom. The molecule has 0 spiro atoms. The van der Waals surface area contributed by atoms with E-state index in [4.69, 9.17) is 5.11 Å². The van der Waals surface area contributed by atoms with Crippen LogP contribution in [0.5, 0.6) is 0 Å². The van der Waals surface area contributed by atoms with Gasteiger partial charge in [-0.05, 0) is 59.2 Å². The first-order chi connectivity index (χ1) is 14.6. The molecule has 5 heteroatoms. The van der Waals surface area contributed by atoms with Gasteiger partial charge < -0.3 is 10.4 Å². The number of carboxylic acid groups (broad SMARTS) is 1. The fraction of sp³-hybridized carbons (Fsp3) is 0.280. The zero-order valence-corrected chi connectivity index (χ0v) is 17.6. The van der Waals surface area contributed by atoms with Gasteiger partial charge in [0.1, 0.15) is 0 Å². The first kappa shape index (κ1) is 20.4. The van der Waals surface area contributed by atoms with Crippen molar-refractivity contribution in [3.05, 3.63) is 76.7 Å². The predicted molar refractivity (Wildman–Crippen MR) is 121 cm³/mol. The number of anilines is 1. The number of rotatable bonds is 6. The van der Waals surface area contributed by atoms with Gasteiger partial charge in [-0.3, -0.25) is 9.59 Å². The lowest BCUT2D eigenvalue weighted by Crippen LogP contribution is -2.11. The summed E-state index contributed by atoms with van der Waals surface area (Å²) in [6, 6.07) is 17.5. The van der Waals surface area contributed by atoms with E-state index in [0.717, 1.165) is 16.1 Å². The normalized spacial score (nSPS) is 14.4. The summed E-state index contributed by atoms with van der Waals surface area (Å²) in [5.41, 5.74) is 4.88. The molecule has 0 radical (unpaired) electrons. The Bertz CT molecular complexity index is 1020. The van der Waals surface area contributed by atoms with E-state index in [0.29, 0.717) is 17.0 Å². The van der Waals surface area contributed by atoms with Crippen molar-refractivity contribution in [1.29, 1.82) is 0 Å². The Labute approximate surface area is 180 Å². The highest BCUT2D eigenvalue weighted by atomic mass is 32.1. The lowest BCUT2D eigenvalue weighted by Gasteiger charge is -2.22. The average Bonchev–Trinajstić information content (AvgIpc) is 3.23. The van der Waals surface area contributed by atoms with Crippen LogP contribution in [0.25, 0.3) is 11.1 Å². The third-order valence-corrected chi connectivity index (χ3v) is 6.57. The second-order valence-electron chi connectivity index (χ2n) is 7.88. The lowest BCUT2D eigenvalue weighted by molar-refractivity contribution is -0.136. The standard InChI is InChI=1S/C25H25NO3S/c27-24(28)14-17-6-8-21(9-7-17)25(29)26-23-15-22(16-30-23)20-12-10-19(11-13-20)18-4-2-1-3-5-18/h6-13,15-16,18H,1-5,14H2,(H,26,29)(H,27,28). The molecule has 2 aromatic carbocycles. The fourth-order valence-electron chi connectivity index (χ4n) is 4.07. The molecular weight excluding hydrogens is 394 g/mol. The highest BCUT2D eigenvalue weighted by Crippen LogP contribution is 2.35. The molecule has 30 heavy (non-hydrogen) atoms. The van der Waals surface area contributed by atoms with Crippen molar-refractivity contribution in [3.63, 3.8) is 0 Å². The lowest BCUT2D eigenvalue weighted by atomic mass is 9.84. The van der Waals surface area contributed by atoms with E-state index in [9.17, 15) is 9.59 Å². The minimum atomic E-state index is -0.884.